The number of aromatic nitrogens is 1. The molecule has 2 amide bonds. The molecule has 0 saturated carbocycles. The molecule has 2 heterocycles. The highest BCUT2D eigenvalue weighted by atomic mass is 16.6. The van der Waals surface area contributed by atoms with Crippen LogP contribution in [0.15, 0.2) is 45.9 Å². The number of aliphatic imine (C=N–C) groups is 1. The quantitative estimate of drug-likeness (QED) is 0.239. The van der Waals surface area contributed by atoms with Crippen molar-refractivity contribution in [3.8, 4) is 5.88 Å². The van der Waals surface area contributed by atoms with Crippen molar-refractivity contribution in [3.05, 3.63) is 47.7 Å². The largest absolute Gasteiger partial charge is 0.475 e. The Morgan fingerprint density at radius 2 is 2.06 bits per heavy atom. The predicted molar refractivity (Wildman–Crippen MR) is 123 cm³/mol. The number of hydrogen-bond acceptors (Lipinski definition) is 11. The molecular formula is C22H28N6O7. The number of rotatable bonds is 12. The van der Waals surface area contributed by atoms with Crippen LogP contribution in [0.2, 0.25) is 0 Å². The van der Waals surface area contributed by atoms with Gasteiger partial charge in [-0.15, -0.1) is 0 Å². The van der Waals surface area contributed by atoms with Gasteiger partial charge in [-0.05, 0) is 17.1 Å². The Morgan fingerprint density at radius 1 is 1.23 bits per heavy atom. The summed E-state index contributed by atoms with van der Waals surface area (Å²) in [4.78, 5) is 40.7. The van der Waals surface area contributed by atoms with Gasteiger partial charge in [-0.3, -0.25) is 9.79 Å². The predicted octanol–water partition coefficient (Wildman–Crippen LogP) is 0.190. The molecule has 1 atom stereocenters. The number of carbonyl (C=O) groups is 3. The van der Waals surface area contributed by atoms with Crippen molar-refractivity contribution in [3.63, 3.8) is 0 Å². The van der Waals surface area contributed by atoms with Crippen LogP contribution < -0.4 is 26.0 Å². The fraction of sp³-hybridized carbons (Fsp3) is 0.409. The number of benzene rings is 1. The van der Waals surface area contributed by atoms with E-state index in [1.54, 1.807) is 12.1 Å². The summed E-state index contributed by atoms with van der Waals surface area (Å²) in [5.41, 5.74) is 0.783. The van der Waals surface area contributed by atoms with E-state index in [1.165, 1.54) is 13.2 Å². The van der Waals surface area contributed by atoms with Gasteiger partial charge in [0.25, 0.3) is 11.8 Å². The topological polar surface area (TPSA) is 165 Å². The summed E-state index contributed by atoms with van der Waals surface area (Å²) in [5.74, 6) is -0.588. The summed E-state index contributed by atoms with van der Waals surface area (Å²) in [6.07, 6.45) is -0.152. The number of hydrogen-bond donors (Lipinski definition) is 4. The molecule has 1 aliphatic heterocycles. The number of alkyl carbamates (subject to hydrolysis) is 1. The lowest BCUT2D eigenvalue weighted by atomic mass is 10.2. The lowest BCUT2D eigenvalue weighted by Crippen LogP contribution is -2.49. The molecule has 13 nitrogen and oxygen atoms in total. The molecule has 13 heteroatoms. The maximum Gasteiger partial charge on any atom is 0.408 e. The average Bonchev–Trinajstić information content (AvgIpc) is 3.57. The number of nitrogens with zero attached hydrogens (tertiary/aromatic N) is 2. The summed E-state index contributed by atoms with van der Waals surface area (Å²) >= 11 is 0. The van der Waals surface area contributed by atoms with Crippen molar-refractivity contribution >= 4 is 23.9 Å². The number of esters is 1. The van der Waals surface area contributed by atoms with Crippen LogP contribution in [0.3, 0.4) is 0 Å². The second-order valence-electron chi connectivity index (χ2n) is 7.31. The van der Waals surface area contributed by atoms with Crippen molar-refractivity contribution in [2.75, 3.05) is 39.9 Å². The van der Waals surface area contributed by atoms with Crippen molar-refractivity contribution in [1.82, 2.24) is 26.4 Å². The molecule has 2 aromatic rings. The monoisotopic (exact) mass is 488 g/mol. The standard InChI is InChI=1S/C22H28N6O7/c1-32-20(30)16(27-22(31)34-14-15-6-3-2-4-7-15)13-26-19(29)17-12-18(28-35-17)33-11-5-8-23-21-24-9-10-25-21/h2-4,6-7,12,16H,5,8-11,13-14H2,1H3,(H,26,29)(H,27,31)(H2,23,24,25)/t16-/m0/s1. The minimum absolute atomic E-state index is 0.0233. The van der Waals surface area contributed by atoms with Crippen LogP contribution in [-0.2, 0) is 20.9 Å². The summed E-state index contributed by atoms with van der Waals surface area (Å²) in [7, 11) is 1.17. The van der Waals surface area contributed by atoms with E-state index in [4.69, 9.17) is 14.0 Å². The molecule has 0 bridgehead atoms. The first kappa shape index (κ1) is 25.3. The molecule has 188 valence electrons. The number of carbonyl (C=O) groups excluding carboxylic acids is 3. The molecular weight excluding hydrogens is 460 g/mol. The Balaban J connectivity index is 1.39. The van der Waals surface area contributed by atoms with Gasteiger partial charge in [-0.1, -0.05) is 30.3 Å². The molecule has 0 aliphatic carbocycles. The number of amides is 2. The first-order valence-corrected chi connectivity index (χ1v) is 11.0. The zero-order valence-corrected chi connectivity index (χ0v) is 19.2. The summed E-state index contributed by atoms with van der Waals surface area (Å²) in [6.45, 7) is 2.37. The maximum absolute atomic E-state index is 12.4. The number of guanidine groups is 1. The summed E-state index contributed by atoms with van der Waals surface area (Å²) < 4.78 is 20.2. The smallest absolute Gasteiger partial charge is 0.408 e. The Morgan fingerprint density at radius 3 is 2.80 bits per heavy atom. The molecule has 0 radical (unpaired) electrons. The number of ether oxygens (including phenoxy) is 3. The highest BCUT2D eigenvalue weighted by molar-refractivity contribution is 5.92. The highest BCUT2D eigenvalue weighted by Crippen LogP contribution is 2.11. The Kier molecular flexibility index (Phi) is 9.72. The van der Waals surface area contributed by atoms with Gasteiger partial charge < -0.3 is 40.0 Å². The van der Waals surface area contributed by atoms with Gasteiger partial charge in [-0.25, -0.2) is 9.59 Å². The minimum atomic E-state index is -1.17. The fourth-order valence-corrected chi connectivity index (χ4v) is 2.93. The number of methoxy groups -OCH3 is 1. The molecule has 1 aliphatic rings. The first-order valence-electron chi connectivity index (χ1n) is 11.0. The Hall–Kier alpha value is -4.29. The Bertz CT molecular complexity index is 1010. The van der Waals surface area contributed by atoms with Crippen LogP contribution in [-0.4, -0.2) is 75.0 Å². The van der Waals surface area contributed by atoms with Gasteiger partial charge in [0.1, 0.15) is 12.6 Å². The second-order valence-corrected chi connectivity index (χ2v) is 7.31. The van der Waals surface area contributed by atoms with E-state index in [9.17, 15) is 14.4 Å². The van der Waals surface area contributed by atoms with Crippen molar-refractivity contribution in [2.24, 2.45) is 4.99 Å². The lowest BCUT2D eigenvalue weighted by Gasteiger charge is -2.16. The van der Waals surface area contributed by atoms with E-state index >= 15 is 0 Å². The molecule has 0 fully saturated rings. The van der Waals surface area contributed by atoms with Gasteiger partial charge >= 0.3 is 12.1 Å². The summed E-state index contributed by atoms with van der Waals surface area (Å²) in [6, 6.07) is 9.21. The van der Waals surface area contributed by atoms with Crippen molar-refractivity contribution in [2.45, 2.75) is 19.1 Å². The van der Waals surface area contributed by atoms with E-state index < -0.39 is 24.0 Å². The molecule has 0 unspecified atom stereocenters. The van der Waals surface area contributed by atoms with Gasteiger partial charge in [0.05, 0.1) is 26.3 Å². The van der Waals surface area contributed by atoms with E-state index in [-0.39, 0.29) is 24.8 Å². The van der Waals surface area contributed by atoms with Gasteiger partial charge in [0.2, 0.25) is 5.76 Å². The zero-order valence-electron chi connectivity index (χ0n) is 19.2. The van der Waals surface area contributed by atoms with Crippen LogP contribution >= 0.6 is 0 Å². The number of nitrogens with one attached hydrogen (secondary N) is 4. The molecule has 3 rings (SSSR count). The van der Waals surface area contributed by atoms with Crippen molar-refractivity contribution in [1.29, 1.82) is 0 Å². The normalized spacial score (nSPS) is 13.1. The SMILES string of the molecule is COC(=O)[C@H](CNC(=O)c1cc(OCCCNC2=NCCN2)no1)NC(=O)OCc1ccccc1. The first-order chi connectivity index (χ1) is 17.0. The highest BCUT2D eigenvalue weighted by Gasteiger charge is 2.24. The van der Waals surface area contributed by atoms with Crippen molar-refractivity contribution < 1.29 is 33.1 Å². The van der Waals surface area contributed by atoms with Crippen LogP contribution in [0.1, 0.15) is 22.5 Å². The van der Waals surface area contributed by atoms with E-state index in [0.717, 1.165) is 24.6 Å². The molecule has 35 heavy (non-hydrogen) atoms. The van der Waals surface area contributed by atoms with E-state index in [0.29, 0.717) is 19.6 Å². The second kappa shape index (κ2) is 13.4. The molecule has 0 saturated heterocycles. The Labute approximate surface area is 201 Å². The lowest BCUT2D eigenvalue weighted by molar-refractivity contribution is -0.142. The third-order valence-corrected chi connectivity index (χ3v) is 4.71. The van der Waals surface area contributed by atoms with Crippen LogP contribution in [0.25, 0.3) is 0 Å². The molecule has 4 N–H and O–H groups in total. The van der Waals surface area contributed by atoms with E-state index in [2.05, 4.69) is 36.2 Å². The molecule has 1 aromatic carbocycles. The van der Waals surface area contributed by atoms with Gasteiger partial charge in [0, 0.05) is 19.6 Å². The fourth-order valence-electron chi connectivity index (χ4n) is 2.93. The van der Waals surface area contributed by atoms with Crippen LogP contribution in [0.4, 0.5) is 4.79 Å². The third kappa shape index (κ3) is 8.53. The average molecular weight is 489 g/mol. The summed E-state index contributed by atoms with van der Waals surface area (Å²) in [5, 5.41) is 14.8. The van der Waals surface area contributed by atoms with Gasteiger partial charge in [0.15, 0.2) is 5.96 Å². The van der Waals surface area contributed by atoms with E-state index in [1.807, 2.05) is 18.2 Å². The third-order valence-electron chi connectivity index (χ3n) is 4.71. The van der Waals surface area contributed by atoms with Crippen LogP contribution in [0, 0.1) is 0 Å². The minimum Gasteiger partial charge on any atom is -0.475 e. The zero-order chi connectivity index (χ0) is 24.9. The molecule has 0 spiro atoms. The van der Waals surface area contributed by atoms with Gasteiger partial charge in [-0.2, -0.15) is 0 Å². The van der Waals surface area contributed by atoms with Crippen LogP contribution in [0.5, 0.6) is 5.88 Å². The maximum atomic E-state index is 12.4. The molecule has 1 aromatic heterocycles.